The average molecular weight is 308 g/mol. The van der Waals surface area contributed by atoms with Crippen LogP contribution in [0, 0.1) is 5.92 Å². The molecule has 122 valence electrons. The lowest BCUT2D eigenvalue weighted by molar-refractivity contribution is -0.126. The second-order valence-corrected chi connectivity index (χ2v) is 6.04. The molecule has 1 aromatic carbocycles. The number of rotatable bonds is 7. The van der Waals surface area contributed by atoms with Gasteiger partial charge < -0.3 is 20.8 Å². The summed E-state index contributed by atoms with van der Waals surface area (Å²) >= 11 is 0. The molecule has 0 bridgehead atoms. The van der Waals surface area contributed by atoms with Crippen molar-refractivity contribution in [2.75, 3.05) is 6.54 Å². The van der Waals surface area contributed by atoms with Crippen molar-refractivity contribution in [2.45, 2.75) is 39.2 Å². The molecule has 0 unspecified atom stereocenters. The van der Waals surface area contributed by atoms with Crippen LogP contribution in [-0.4, -0.2) is 34.3 Å². The summed E-state index contributed by atoms with van der Waals surface area (Å²) in [4.78, 5) is 23.4. The number of phenolic OH excluding ortho intramolecular Hbond substituents is 1. The van der Waals surface area contributed by atoms with E-state index in [0.717, 1.165) is 12.0 Å². The maximum Gasteiger partial charge on any atom is 0.405 e. The maximum absolute atomic E-state index is 12.4. The SMILES string of the molecule is CC(C)CCNC(=O)[C@](C)(Cc1ccc(O)cc1)NC(=O)O. The largest absolute Gasteiger partial charge is 0.508 e. The van der Waals surface area contributed by atoms with E-state index in [1.165, 1.54) is 12.1 Å². The van der Waals surface area contributed by atoms with Gasteiger partial charge in [-0.05, 0) is 37.0 Å². The first-order valence-corrected chi connectivity index (χ1v) is 7.30. The minimum atomic E-state index is -1.26. The lowest BCUT2D eigenvalue weighted by Gasteiger charge is -2.28. The van der Waals surface area contributed by atoms with Crippen LogP contribution < -0.4 is 10.6 Å². The number of benzene rings is 1. The standard InChI is InChI=1S/C16H24N2O4/c1-11(2)8-9-17-14(20)16(3,18-15(21)22)10-12-4-6-13(19)7-5-12/h4-7,11,18-19H,8-10H2,1-3H3,(H,17,20)(H,21,22)/t16-/m0/s1. The van der Waals surface area contributed by atoms with Gasteiger partial charge in [0.05, 0.1) is 0 Å². The van der Waals surface area contributed by atoms with Crippen LogP contribution >= 0.6 is 0 Å². The first kappa shape index (κ1) is 17.8. The Morgan fingerprint density at radius 2 is 1.82 bits per heavy atom. The molecule has 6 nitrogen and oxygen atoms in total. The van der Waals surface area contributed by atoms with Gasteiger partial charge in [0.15, 0.2) is 0 Å². The molecule has 0 aromatic heterocycles. The van der Waals surface area contributed by atoms with Crippen molar-refractivity contribution in [1.29, 1.82) is 0 Å². The highest BCUT2D eigenvalue weighted by Gasteiger charge is 2.35. The zero-order chi connectivity index (χ0) is 16.8. The van der Waals surface area contributed by atoms with E-state index >= 15 is 0 Å². The normalized spacial score (nSPS) is 13.5. The van der Waals surface area contributed by atoms with Crippen molar-refractivity contribution in [3.63, 3.8) is 0 Å². The van der Waals surface area contributed by atoms with Crippen LogP contribution in [0.15, 0.2) is 24.3 Å². The van der Waals surface area contributed by atoms with Crippen molar-refractivity contribution >= 4 is 12.0 Å². The topological polar surface area (TPSA) is 98.7 Å². The number of carbonyl (C=O) groups excluding carboxylic acids is 1. The Balaban J connectivity index is 2.81. The number of phenols is 1. The summed E-state index contributed by atoms with van der Waals surface area (Å²) in [5.41, 5.74) is -0.507. The van der Waals surface area contributed by atoms with Crippen molar-refractivity contribution in [3.05, 3.63) is 29.8 Å². The molecule has 0 aliphatic carbocycles. The number of hydrogen-bond acceptors (Lipinski definition) is 3. The molecule has 4 N–H and O–H groups in total. The molecular weight excluding hydrogens is 284 g/mol. The van der Waals surface area contributed by atoms with Crippen LogP contribution in [0.25, 0.3) is 0 Å². The van der Waals surface area contributed by atoms with Crippen LogP contribution in [0.1, 0.15) is 32.8 Å². The zero-order valence-corrected chi connectivity index (χ0v) is 13.2. The van der Waals surface area contributed by atoms with Gasteiger partial charge in [-0.3, -0.25) is 4.79 Å². The van der Waals surface area contributed by atoms with Crippen molar-refractivity contribution in [2.24, 2.45) is 5.92 Å². The van der Waals surface area contributed by atoms with E-state index in [4.69, 9.17) is 5.11 Å². The molecule has 0 saturated heterocycles. The highest BCUT2D eigenvalue weighted by Crippen LogP contribution is 2.17. The summed E-state index contributed by atoms with van der Waals surface area (Å²) in [6.07, 6.45) is -0.221. The first-order chi connectivity index (χ1) is 10.2. The average Bonchev–Trinajstić information content (AvgIpc) is 2.40. The van der Waals surface area contributed by atoms with Gasteiger partial charge in [0.1, 0.15) is 11.3 Å². The molecular formula is C16H24N2O4. The van der Waals surface area contributed by atoms with E-state index in [1.807, 2.05) is 0 Å². The second-order valence-electron chi connectivity index (χ2n) is 6.04. The number of hydrogen-bond donors (Lipinski definition) is 4. The van der Waals surface area contributed by atoms with Crippen molar-refractivity contribution < 1.29 is 19.8 Å². The van der Waals surface area contributed by atoms with E-state index < -0.39 is 11.6 Å². The maximum atomic E-state index is 12.4. The predicted octanol–water partition coefficient (Wildman–Crippen LogP) is 2.12. The monoisotopic (exact) mass is 308 g/mol. The predicted molar refractivity (Wildman–Crippen MR) is 83.8 cm³/mol. The summed E-state index contributed by atoms with van der Waals surface area (Å²) in [6.45, 7) is 6.16. The lowest BCUT2D eigenvalue weighted by atomic mass is 9.91. The van der Waals surface area contributed by atoms with Gasteiger partial charge in [-0.2, -0.15) is 0 Å². The van der Waals surface area contributed by atoms with Crippen molar-refractivity contribution in [1.82, 2.24) is 10.6 Å². The molecule has 0 heterocycles. The zero-order valence-electron chi connectivity index (χ0n) is 13.2. The number of carboxylic acid groups (broad SMARTS) is 1. The summed E-state index contributed by atoms with van der Waals surface area (Å²) in [5, 5.41) is 23.4. The number of amides is 2. The lowest BCUT2D eigenvalue weighted by Crippen LogP contribution is -2.58. The Labute approximate surface area is 130 Å². The minimum Gasteiger partial charge on any atom is -0.508 e. The molecule has 0 spiro atoms. The van der Waals surface area contributed by atoms with Crippen LogP contribution in [0.4, 0.5) is 4.79 Å². The van der Waals surface area contributed by atoms with Crippen molar-refractivity contribution in [3.8, 4) is 5.75 Å². The molecule has 22 heavy (non-hydrogen) atoms. The molecule has 0 fully saturated rings. The first-order valence-electron chi connectivity index (χ1n) is 7.30. The number of carbonyl (C=O) groups is 2. The van der Waals surface area contributed by atoms with Gasteiger partial charge in [-0.25, -0.2) is 4.79 Å². The van der Waals surface area contributed by atoms with Crippen LogP contribution in [-0.2, 0) is 11.2 Å². The molecule has 0 radical (unpaired) electrons. The Hall–Kier alpha value is -2.24. The Bertz CT molecular complexity index is 513. The fourth-order valence-electron chi connectivity index (χ4n) is 2.11. The fourth-order valence-corrected chi connectivity index (χ4v) is 2.11. The van der Waals surface area contributed by atoms with Gasteiger partial charge in [0, 0.05) is 13.0 Å². The Morgan fingerprint density at radius 3 is 2.32 bits per heavy atom. The smallest absolute Gasteiger partial charge is 0.405 e. The molecule has 6 heteroatoms. The number of aromatic hydroxyl groups is 1. The molecule has 0 saturated carbocycles. The fraction of sp³-hybridized carbons (Fsp3) is 0.500. The summed E-state index contributed by atoms with van der Waals surface area (Å²) in [5.74, 6) is 0.220. The highest BCUT2D eigenvalue weighted by atomic mass is 16.4. The van der Waals surface area contributed by atoms with Crippen LogP contribution in [0.5, 0.6) is 5.75 Å². The van der Waals surface area contributed by atoms with Gasteiger partial charge in [-0.15, -0.1) is 0 Å². The summed E-state index contributed by atoms with van der Waals surface area (Å²) in [6, 6.07) is 6.34. The van der Waals surface area contributed by atoms with Crippen LogP contribution in [0.3, 0.4) is 0 Å². The van der Waals surface area contributed by atoms with E-state index in [1.54, 1.807) is 19.1 Å². The Kier molecular flexibility index (Phi) is 6.22. The molecule has 1 atom stereocenters. The van der Waals surface area contributed by atoms with E-state index in [-0.39, 0.29) is 18.1 Å². The summed E-state index contributed by atoms with van der Waals surface area (Å²) < 4.78 is 0. The molecule has 0 aliphatic rings. The third-order valence-electron chi connectivity index (χ3n) is 3.39. The van der Waals surface area contributed by atoms with Gasteiger partial charge in [-0.1, -0.05) is 26.0 Å². The van der Waals surface area contributed by atoms with Gasteiger partial charge >= 0.3 is 6.09 Å². The third-order valence-corrected chi connectivity index (χ3v) is 3.39. The number of nitrogens with one attached hydrogen (secondary N) is 2. The third kappa shape index (κ3) is 5.63. The molecule has 1 aromatic rings. The van der Waals surface area contributed by atoms with E-state index in [9.17, 15) is 14.7 Å². The summed E-state index contributed by atoms with van der Waals surface area (Å²) in [7, 11) is 0. The minimum absolute atomic E-state index is 0.123. The van der Waals surface area contributed by atoms with Crippen LogP contribution in [0.2, 0.25) is 0 Å². The second kappa shape index (κ2) is 7.68. The highest BCUT2D eigenvalue weighted by molar-refractivity contribution is 5.89. The van der Waals surface area contributed by atoms with Gasteiger partial charge in [0.25, 0.3) is 0 Å². The Morgan fingerprint density at radius 1 is 1.23 bits per heavy atom. The molecule has 2 amide bonds. The van der Waals surface area contributed by atoms with Gasteiger partial charge in [0.2, 0.25) is 5.91 Å². The quantitative estimate of drug-likeness (QED) is 0.620. The molecule has 1 rings (SSSR count). The van der Waals surface area contributed by atoms with E-state index in [0.29, 0.717) is 12.5 Å². The molecule has 0 aliphatic heterocycles. The van der Waals surface area contributed by atoms with E-state index in [2.05, 4.69) is 24.5 Å².